The quantitative estimate of drug-likeness (QED) is 0.588. The molecule has 0 aromatic carbocycles. The molecule has 0 spiro atoms. The molecule has 1 aliphatic rings. The Balaban J connectivity index is 1.93. The fourth-order valence-corrected chi connectivity index (χ4v) is 1.21. The number of carbonyl (C=O) groups is 2. The van der Waals surface area contributed by atoms with Crippen molar-refractivity contribution in [1.82, 2.24) is 19.9 Å². The minimum absolute atomic E-state index is 0.268. The van der Waals surface area contributed by atoms with Gasteiger partial charge in [-0.3, -0.25) is 19.2 Å². The molecule has 72 valence electrons. The van der Waals surface area contributed by atoms with E-state index in [0.717, 1.165) is 0 Å². The van der Waals surface area contributed by atoms with E-state index in [1.807, 2.05) is 0 Å². The first-order chi connectivity index (χ1) is 6.77. The third-order valence-electron chi connectivity index (χ3n) is 1.93. The standard InChI is InChI=1S/C8H8N4O2/c13-7-1-2-8(14)12(7)6-5-11-4-3-9-10-11/h1-4H,5-6H2. The van der Waals surface area contributed by atoms with Gasteiger partial charge in [-0.2, -0.15) is 0 Å². The van der Waals surface area contributed by atoms with Crippen LogP contribution < -0.4 is 0 Å². The molecule has 6 nitrogen and oxygen atoms in total. The minimum Gasteiger partial charge on any atom is -0.274 e. The molecule has 2 heterocycles. The van der Waals surface area contributed by atoms with E-state index in [9.17, 15) is 9.59 Å². The molecule has 0 saturated carbocycles. The molecule has 1 aromatic heterocycles. The van der Waals surface area contributed by atoms with Crippen LogP contribution in [-0.2, 0) is 16.1 Å². The molecular weight excluding hydrogens is 184 g/mol. The van der Waals surface area contributed by atoms with Crippen LogP contribution in [0.25, 0.3) is 0 Å². The Kier molecular flexibility index (Phi) is 2.10. The summed E-state index contributed by atoms with van der Waals surface area (Å²) in [4.78, 5) is 23.4. The molecule has 0 unspecified atom stereocenters. The smallest absolute Gasteiger partial charge is 0.253 e. The Morgan fingerprint density at radius 2 is 1.86 bits per heavy atom. The molecule has 0 fully saturated rings. The lowest BCUT2D eigenvalue weighted by Gasteiger charge is -2.12. The largest absolute Gasteiger partial charge is 0.274 e. The van der Waals surface area contributed by atoms with Crippen LogP contribution in [0.2, 0.25) is 0 Å². The first-order valence-corrected chi connectivity index (χ1v) is 4.15. The van der Waals surface area contributed by atoms with E-state index >= 15 is 0 Å². The van der Waals surface area contributed by atoms with E-state index in [2.05, 4.69) is 10.3 Å². The van der Waals surface area contributed by atoms with Crippen molar-refractivity contribution in [2.24, 2.45) is 0 Å². The number of rotatable bonds is 3. The van der Waals surface area contributed by atoms with Gasteiger partial charge in [-0.05, 0) is 0 Å². The minimum atomic E-state index is -0.268. The maximum Gasteiger partial charge on any atom is 0.253 e. The lowest BCUT2D eigenvalue weighted by atomic mass is 10.5. The lowest BCUT2D eigenvalue weighted by Crippen LogP contribution is -2.33. The van der Waals surface area contributed by atoms with Crippen LogP contribution in [0.4, 0.5) is 0 Å². The topological polar surface area (TPSA) is 68.1 Å². The van der Waals surface area contributed by atoms with Gasteiger partial charge in [0, 0.05) is 24.9 Å². The van der Waals surface area contributed by atoms with Gasteiger partial charge in [0.05, 0.1) is 12.7 Å². The van der Waals surface area contributed by atoms with E-state index in [1.165, 1.54) is 17.1 Å². The van der Waals surface area contributed by atoms with Crippen molar-refractivity contribution in [3.05, 3.63) is 24.5 Å². The van der Waals surface area contributed by atoms with Gasteiger partial charge in [0.2, 0.25) is 0 Å². The Bertz CT molecular complexity index is 364. The second kappa shape index (κ2) is 3.41. The molecule has 0 aliphatic carbocycles. The molecule has 2 amide bonds. The highest BCUT2D eigenvalue weighted by Crippen LogP contribution is 2.02. The van der Waals surface area contributed by atoms with Crippen molar-refractivity contribution in [2.75, 3.05) is 6.54 Å². The molecule has 1 aliphatic heterocycles. The summed E-state index contributed by atoms with van der Waals surface area (Å²) in [5.41, 5.74) is 0. The Hall–Kier alpha value is -1.98. The fourth-order valence-electron chi connectivity index (χ4n) is 1.21. The van der Waals surface area contributed by atoms with Gasteiger partial charge >= 0.3 is 0 Å². The zero-order valence-corrected chi connectivity index (χ0v) is 7.33. The molecule has 0 bridgehead atoms. The van der Waals surface area contributed by atoms with Crippen LogP contribution in [0, 0.1) is 0 Å². The highest BCUT2D eigenvalue weighted by molar-refractivity contribution is 6.12. The van der Waals surface area contributed by atoms with E-state index in [4.69, 9.17) is 0 Å². The summed E-state index contributed by atoms with van der Waals surface area (Å²) in [6.07, 6.45) is 5.76. The van der Waals surface area contributed by atoms with Crippen LogP contribution in [0.3, 0.4) is 0 Å². The van der Waals surface area contributed by atoms with E-state index in [-0.39, 0.29) is 11.8 Å². The van der Waals surface area contributed by atoms with E-state index in [1.54, 1.807) is 17.1 Å². The summed E-state index contributed by atoms with van der Waals surface area (Å²) >= 11 is 0. The molecular formula is C8H8N4O2. The lowest BCUT2D eigenvalue weighted by molar-refractivity contribution is -0.136. The number of imide groups is 1. The zero-order valence-electron chi connectivity index (χ0n) is 7.33. The second-order valence-electron chi connectivity index (χ2n) is 2.83. The van der Waals surface area contributed by atoms with Gasteiger partial charge in [-0.15, -0.1) is 5.10 Å². The normalized spacial score (nSPS) is 15.6. The average Bonchev–Trinajstić information content (AvgIpc) is 2.76. The maximum atomic E-state index is 11.1. The Morgan fingerprint density at radius 1 is 1.14 bits per heavy atom. The van der Waals surface area contributed by atoms with Crippen LogP contribution >= 0.6 is 0 Å². The molecule has 6 heteroatoms. The molecule has 1 aromatic rings. The van der Waals surface area contributed by atoms with Crippen LogP contribution in [0.5, 0.6) is 0 Å². The summed E-state index contributed by atoms with van der Waals surface area (Å²) in [7, 11) is 0. The SMILES string of the molecule is O=C1C=CC(=O)N1CCn1ccnn1. The van der Waals surface area contributed by atoms with E-state index < -0.39 is 0 Å². The Labute approximate surface area is 79.8 Å². The molecule has 0 saturated heterocycles. The molecule has 0 atom stereocenters. The first kappa shape index (κ1) is 8.61. The van der Waals surface area contributed by atoms with Gasteiger partial charge in [-0.25, -0.2) is 0 Å². The van der Waals surface area contributed by atoms with Crippen molar-refractivity contribution < 1.29 is 9.59 Å². The Morgan fingerprint density at radius 3 is 2.43 bits per heavy atom. The summed E-state index contributed by atoms with van der Waals surface area (Å²) in [5.74, 6) is -0.537. The summed E-state index contributed by atoms with van der Waals surface area (Å²) in [6, 6.07) is 0. The van der Waals surface area contributed by atoms with Crippen molar-refractivity contribution >= 4 is 11.8 Å². The van der Waals surface area contributed by atoms with Crippen molar-refractivity contribution in [1.29, 1.82) is 0 Å². The van der Waals surface area contributed by atoms with Gasteiger partial charge in [0.15, 0.2) is 0 Å². The van der Waals surface area contributed by atoms with Gasteiger partial charge in [-0.1, -0.05) is 5.21 Å². The van der Waals surface area contributed by atoms with Crippen molar-refractivity contribution in [3.8, 4) is 0 Å². The molecule has 2 rings (SSSR count). The van der Waals surface area contributed by atoms with Gasteiger partial charge in [0.1, 0.15) is 0 Å². The predicted molar refractivity (Wildman–Crippen MR) is 45.9 cm³/mol. The predicted octanol–water partition coefficient (Wildman–Crippen LogP) is -0.797. The first-order valence-electron chi connectivity index (χ1n) is 4.15. The monoisotopic (exact) mass is 192 g/mol. The maximum absolute atomic E-state index is 11.1. The molecule has 14 heavy (non-hydrogen) atoms. The number of amides is 2. The van der Waals surface area contributed by atoms with Crippen LogP contribution in [-0.4, -0.2) is 38.3 Å². The number of hydrogen-bond acceptors (Lipinski definition) is 4. The molecule has 0 radical (unpaired) electrons. The number of carbonyl (C=O) groups excluding carboxylic acids is 2. The number of hydrogen-bond donors (Lipinski definition) is 0. The second-order valence-corrected chi connectivity index (χ2v) is 2.83. The molecule has 0 N–H and O–H groups in total. The van der Waals surface area contributed by atoms with Gasteiger partial charge < -0.3 is 0 Å². The highest BCUT2D eigenvalue weighted by atomic mass is 16.2. The summed E-state index contributed by atoms with van der Waals surface area (Å²) in [6.45, 7) is 0.799. The fraction of sp³-hybridized carbons (Fsp3) is 0.250. The third kappa shape index (κ3) is 1.54. The van der Waals surface area contributed by atoms with Crippen molar-refractivity contribution in [3.63, 3.8) is 0 Å². The summed E-state index contributed by atoms with van der Waals surface area (Å²) in [5, 5.41) is 7.34. The average molecular weight is 192 g/mol. The number of aromatic nitrogens is 3. The van der Waals surface area contributed by atoms with Crippen LogP contribution in [0.1, 0.15) is 0 Å². The van der Waals surface area contributed by atoms with Crippen molar-refractivity contribution in [2.45, 2.75) is 6.54 Å². The third-order valence-corrected chi connectivity index (χ3v) is 1.93. The zero-order chi connectivity index (χ0) is 9.97. The summed E-state index contributed by atoms with van der Waals surface area (Å²) < 4.78 is 1.57. The number of nitrogens with zero attached hydrogens (tertiary/aromatic N) is 4. The van der Waals surface area contributed by atoms with E-state index in [0.29, 0.717) is 13.1 Å². The van der Waals surface area contributed by atoms with Gasteiger partial charge in [0.25, 0.3) is 11.8 Å². The van der Waals surface area contributed by atoms with Crippen LogP contribution in [0.15, 0.2) is 24.5 Å². The highest BCUT2D eigenvalue weighted by Gasteiger charge is 2.22.